The van der Waals surface area contributed by atoms with Gasteiger partial charge in [0, 0.05) is 18.8 Å². The molecule has 1 aromatic carbocycles. The summed E-state index contributed by atoms with van der Waals surface area (Å²) in [6.45, 7) is 6.04. The first kappa shape index (κ1) is 15.9. The van der Waals surface area contributed by atoms with Crippen molar-refractivity contribution in [3.05, 3.63) is 41.6 Å². The molecule has 2 rings (SSSR count). The minimum absolute atomic E-state index is 0.00157. The maximum atomic E-state index is 6.26. The zero-order valence-electron chi connectivity index (χ0n) is 13.0. The summed E-state index contributed by atoms with van der Waals surface area (Å²) in [5.74, 6) is 1.71. The number of nitrogens with two attached hydrogens (primary N) is 1. The fourth-order valence-corrected chi connectivity index (χ4v) is 3.08. The molecule has 4 nitrogen and oxygen atoms in total. The van der Waals surface area contributed by atoms with Gasteiger partial charge in [-0.05, 0) is 44.5 Å². The molecule has 0 bridgehead atoms. The molecule has 2 N–H and O–H groups in total. The second-order valence-electron chi connectivity index (χ2n) is 5.40. The predicted molar refractivity (Wildman–Crippen MR) is 87.8 cm³/mol. The lowest BCUT2D eigenvalue weighted by Gasteiger charge is -2.14. The highest BCUT2D eigenvalue weighted by Crippen LogP contribution is 2.25. The van der Waals surface area contributed by atoms with Crippen molar-refractivity contribution in [3.8, 4) is 5.75 Å². The predicted octanol–water partition coefficient (Wildman–Crippen LogP) is 3.31. The summed E-state index contributed by atoms with van der Waals surface area (Å²) in [5.41, 5.74) is 8.41. The Kier molecular flexibility index (Phi) is 5.31. The number of hydrogen-bond donors (Lipinski definition) is 1. The lowest BCUT2D eigenvalue weighted by atomic mass is 10.1. The van der Waals surface area contributed by atoms with Crippen molar-refractivity contribution in [2.24, 2.45) is 12.8 Å². The Bertz CT molecular complexity index is 578. The lowest BCUT2D eigenvalue weighted by molar-refractivity contribution is 0.242. The maximum absolute atomic E-state index is 6.26. The van der Waals surface area contributed by atoms with Crippen LogP contribution < -0.4 is 10.5 Å². The number of rotatable bonds is 6. The minimum Gasteiger partial charge on any atom is -0.491 e. The second-order valence-corrected chi connectivity index (χ2v) is 6.44. The first-order chi connectivity index (χ1) is 9.95. The first-order valence-electron chi connectivity index (χ1n) is 7.11. The van der Waals surface area contributed by atoms with Gasteiger partial charge in [-0.1, -0.05) is 12.1 Å². The molecule has 1 atom stereocenters. The fraction of sp³-hybridized carbons (Fsp3) is 0.438. The third-order valence-electron chi connectivity index (χ3n) is 3.05. The average Bonchev–Trinajstić information content (AvgIpc) is 2.74. The van der Waals surface area contributed by atoms with Crippen LogP contribution in [0.5, 0.6) is 5.75 Å². The minimum atomic E-state index is -0.00157. The van der Waals surface area contributed by atoms with Crippen LogP contribution in [0.1, 0.15) is 31.1 Å². The molecule has 1 aromatic heterocycles. The number of ether oxygens (including phenoxy) is 1. The molecule has 0 aliphatic heterocycles. The summed E-state index contributed by atoms with van der Waals surface area (Å²) in [6, 6.07) is 10.1. The molecule has 1 heterocycles. The Morgan fingerprint density at radius 2 is 1.95 bits per heavy atom. The van der Waals surface area contributed by atoms with Crippen LogP contribution >= 0.6 is 11.8 Å². The zero-order chi connectivity index (χ0) is 15.4. The van der Waals surface area contributed by atoms with Gasteiger partial charge >= 0.3 is 0 Å². The molecule has 5 heteroatoms. The van der Waals surface area contributed by atoms with E-state index in [1.54, 1.807) is 11.8 Å². The number of thioether (sulfide) groups is 1. The Labute approximate surface area is 130 Å². The molecule has 0 fully saturated rings. The Balaban J connectivity index is 1.93. The van der Waals surface area contributed by atoms with E-state index < -0.39 is 0 Å². The van der Waals surface area contributed by atoms with E-state index in [1.807, 2.05) is 56.8 Å². The van der Waals surface area contributed by atoms with Crippen LogP contribution in [0.25, 0.3) is 0 Å². The quantitative estimate of drug-likeness (QED) is 0.832. The SMILES string of the molecule is Cc1cc(SCC(N)c2ccc(OC(C)C)cc2)n(C)n1. The van der Waals surface area contributed by atoms with Gasteiger partial charge in [-0.15, -0.1) is 11.8 Å². The summed E-state index contributed by atoms with van der Waals surface area (Å²) in [7, 11) is 1.96. The van der Waals surface area contributed by atoms with E-state index in [0.717, 1.165) is 27.8 Å². The molecule has 0 aliphatic carbocycles. The highest BCUT2D eigenvalue weighted by atomic mass is 32.2. The smallest absolute Gasteiger partial charge is 0.119 e. The Hall–Kier alpha value is -1.46. The summed E-state index contributed by atoms with van der Waals surface area (Å²) < 4.78 is 7.53. The largest absolute Gasteiger partial charge is 0.491 e. The first-order valence-corrected chi connectivity index (χ1v) is 8.10. The van der Waals surface area contributed by atoms with Crippen LogP contribution in [0.4, 0.5) is 0 Å². The van der Waals surface area contributed by atoms with Gasteiger partial charge in [0.1, 0.15) is 5.75 Å². The normalized spacial score (nSPS) is 12.7. The van der Waals surface area contributed by atoms with Crippen molar-refractivity contribution in [2.75, 3.05) is 5.75 Å². The van der Waals surface area contributed by atoms with Gasteiger partial charge in [0.2, 0.25) is 0 Å². The summed E-state index contributed by atoms with van der Waals surface area (Å²) in [6.07, 6.45) is 0.188. The van der Waals surface area contributed by atoms with Gasteiger partial charge in [0.05, 0.1) is 16.8 Å². The third kappa shape index (κ3) is 4.51. The average molecular weight is 305 g/mol. The summed E-state index contributed by atoms with van der Waals surface area (Å²) in [5, 5.41) is 5.48. The number of nitrogens with zero attached hydrogens (tertiary/aromatic N) is 2. The van der Waals surface area contributed by atoms with Crippen LogP contribution in [0.2, 0.25) is 0 Å². The van der Waals surface area contributed by atoms with Gasteiger partial charge in [-0.3, -0.25) is 4.68 Å². The molecule has 21 heavy (non-hydrogen) atoms. The molecular weight excluding hydrogens is 282 g/mol. The Morgan fingerprint density at radius 3 is 2.48 bits per heavy atom. The summed E-state index contributed by atoms with van der Waals surface area (Å²) >= 11 is 1.73. The molecule has 1 unspecified atom stereocenters. The third-order valence-corrected chi connectivity index (χ3v) is 4.25. The van der Waals surface area contributed by atoms with Gasteiger partial charge in [0.15, 0.2) is 0 Å². The van der Waals surface area contributed by atoms with Crippen molar-refractivity contribution >= 4 is 11.8 Å². The molecule has 0 saturated heterocycles. The topological polar surface area (TPSA) is 53.1 Å². The lowest BCUT2D eigenvalue weighted by Crippen LogP contribution is -2.13. The number of hydrogen-bond acceptors (Lipinski definition) is 4. The van der Waals surface area contributed by atoms with E-state index in [-0.39, 0.29) is 12.1 Å². The summed E-state index contributed by atoms with van der Waals surface area (Å²) in [4.78, 5) is 0. The highest BCUT2D eigenvalue weighted by molar-refractivity contribution is 7.99. The van der Waals surface area contributed by atoms with Crippen LogP contribution in [0, 0.1) is 6.92 Å². The number of benzene rings is 1. The van der Waals surface area contributed by atoms with Crippen LogP contribution in [-0.2, 0) is 7.05 Å². The van der Waals surface area contributed by atoms with E-state index in [9.17, 15) is 0 Å². The van der Waals surface area contributed by atoms with Crippen LogP contribution in [0.15, 0.2) is 35.4 Å². The molecule has 0 spiro atoms. The Morgan fingerprint density at radius 1 is 1.29 bits per heavy atom. The van der Waals surface area contributed by atoms with E-state index in [1.165, 1.54) is 0 Å². The molecule has 0 amide bonds. The van der Waals surface area contributed by atoms with Crippen molar-refractivity contribution < 1.29 is 4.74 Å². The number of aryl methyl sites for hydroxylation is 2. The standard InChI is InChI=1S/C16H23N3OS/c1-11(2)20-14-7-5-13(6-8-14)15(17)10-21-16-9-12(3)18-19(16)4/h5-9,11,15H,10,17H2,1-4H3. The second kappa shape index (κ2) is 7.00. The van der Waals surface area contributed by atoms with Crippen molar-refractivity contribution in [1.82, 2.24) is 9.78 Å². The van der Waals surface area contributed by atoms with Gasteiger partial charge in [-0.25, -0.2) is 0 Å². The molecular formula is C16H23N3OS. The monoisotopic (exact) mass is 305 g/mol. The van der Waals surface area contributed by atoms with Gasteiger partial charge < -0.3 is 10.5 Å². The fourth-order valence-electron chi connectivity index (χ4n) is 2.06. The number of aromatic nitrogens is 2. The molecule has 2 aromatic rings. The van der Waals surface area contributed by atoms with Crippen molar-refractivity contribution in [1.29, 1.82) is 0 Å². The van der Waals surface area contributed by atoms with Crippen LogP contribution in [-0.4, -0.2) is 21.6 Å². The van der Waals surface area contributed by atoms with Gasteiger partial charge in [0.25, 0.3) is 0 Å². The zero-order valence-corrected chi connectivity index (χ0v) is 13.9. The molecule has 0 aliphatic rings. The van der Waals surface area contributed by atoms with E-state index in [4.69, 9.17) is 10.5 Å². The maximum Gasteiger partial charge on any atom is 0.119 e. The van der Waals surface area contributed by atoms with E-state index >= 15 is 0 Å². The van der Waals surface area contributed by atoms with Crippen molar-refractivity contribution in [3.63, 3.8) is 0 Å². The molecule has 0 saturated carbocycles. The van der Waals surface area contributed by atoms with E-state index in [2.05, 4.69) is 11.2 Å². The molecule has 114 valence electrons. The van der Waals surface area contributed by atoms with Crippen LogP contribution in [0.3, 0.4) is 0 Å². The van der Waals surface area contributed by atoms with Gasteiger partial charge in [-0.2, -0.15) is 5.10 Å². The van der Waals surface area contributed by atoms with Crippen molar-refractivity contribution in [2.45, 2.75) is 37.9 Å². The molecule has 0 radical (unpaired) electrons. The highest BCUT2D eigenvalue weighted by Gasteiger charge is 2.10. The van der Waals surface area contributed by atoms with E-state index in [0.29, 0.717) is 0 Å².